The van der Waals surface area contributed by atoms with Crippen LogP contribution in [-0.2, 0) is 18.8 Å². The Labute approximate surface area is 110 Å². The molecule has 0 aromatic rings. The number of hydrogen-bond acceptors (Lipinski definition) is 4. The molecule has 1 fully saturated rings. The lowest BCUT2D eigenvalue weighted by Gasteiger charge is -2.32. The Morgan fingerprint density at radius 3 is 2.28 bits per heavy atom. The Balaban J connectivity index is 2.26. The maximum absolute atomic E-state index is 10.5. The molecular weight excluding hydrogens is 231 g/mol. The fraction of sp³-hybridized carbons (Fsp3) is 0.769. The van der Waals surface area contributed by atoms with E-state index in [9.17, 15) is 4.79 Å². The molecule has 18 heavy (non-hydrogen) atoms. The summed E-state index contributed by atoms with van der Waals surface area (Å²) in [6.07, 6.45) is 3.67. The van der Waals surface area contributed by atoms with Gasteiger partial charge in [0.1, 0.15) is 0 Å². The maximum atomic E-state index is 10.5. The second kappa shape index (κ2) is 5.89. The van der Waals surface area contributed by atoms with Crippen molar-refractivity contribution >= 4 is 13.1 Å². The fourth-order valence-electron chi connectivity index (χ4n) is 1.59. The van der Waals surface area contributed by atoms with Crippen molar-refractivity contribution in [1.82, 2.24) is 0 Å². The summed E-state index contributed by atoms with van der Waals surface area (Å²) in [4.78, 5) is 10.5. The van der Waals surface area contributed by atoms with Crippen LogP contribution in [0.4, 0.5) is 0 Å². The molecule has 0 aromatic carbocycles. The molecule has 0 spiro atoms. The Kier molecular flexibility index (Phi) is 4.99. The topological polar surface area (TPSA) is 44.8 Å². The van der Waals surface area contributed by atoms with Crippen molar-refractivity contribution < 1.29 is 18.8 Å². The SMILES string of the molecule is CC(=O)OCCCC=CB1OC(C)(C)C(C)(C)O1. The van der Waals surface area contributed by atoms with Crippen LogP contribution in [0.25, 0.3) is 0 Å². The van der Waals surface area contributed by atoms with Gasteiger partial charge in [-0.3, -0.25) is 4.79 Å². The van der Waals surface area contributed by atoms with Crippen molar-refractivity contribution in [3.8, 4) is 0 Å². The van der Waals surface area contributed by atoms with Crippen LogP contribution < -0.4 is 0 Å². The van der Waals surface area contributed by atoms with Crippen LogP contribution >= 0.6 is 0 Å². The molecule has 1 rings (SSSR count). The van der Waals surface area contributed by atoms with E-state index < -0.39 is 0 Å². The van der Waals surface area contributed by atoms with Crippen molar-refractivity contribution in [1.29, 1.82) is 0 Å². The first kappa shape index (κ1) is 15.3. The van der Waals surface area contributed by atoms with Crippen LogP contribution in [-0.4, -0.2) is 30.9 Å². The predicted molar refractivity (Wildman–Crippen MR) is 71.1 cm³/mol. The van der Waals surface area contributed by atoms with Crippen molar-refractivity contribution in [2.75, 3.05) is 6.61 Å². The number of ether oxygens (including phenoxy) is 1. The minimum Gasteiger partial charge on any atom is -0.466 e. The zero-order valence-corrected chi connectivity index (χ0v) is 12.0. The zero-order valence-electron chi connectivity index (χ0n) is 12.0. The Bertz CT molecular complexity index is 307. The van der Waals surface area contributed by atoms with Crippen molar-refractivity contribution in [3.05, 3.63) is 12.1 Å². The zero-order chi connectivity index (χ0) is 13.8. The molecule has 1 aliphatic rings. The first-order valence-corrected chi connectivity index (χ1v) is 6.40. The van der Waals surface area contributed by atoms with Crippen LogP contribution in [0.1, 0.15) is 47.5 Å². The van der Waals surface area contributed by atoms with Gasteiger partial charge in [0.05, 0.1) is 17.8 Å². The number of esters is 1. The van der Waals surface area contributed by atoms with E-state index in [4.69, 9.17) is 14.0 Å². The Morgan fingerprint density at radius 1 is 1.22 bits per heavy atom. The lowest BCUT2D eigenvalue weighted by atomic mass is 9.89. The molecule has 0 N–H and O–H groups in total. The average molecular weight is 254 g/mol. The lowest BCUT2D eigenvalue weighted by Crippen LogP contribution is -2.41. The van der Waals surface area contributed by atoms with Gasteiger partial charge in [-0.2, -0.15) is 0 Å². The molecule has 1 heterocycles. The van der Waals surface area contributed by atoms with Gasteiger partial charge in [0, 0.05) is 6.92 Å². The predicted octanol–water partition coefficient (Wildman–Crippen LogP) is 2.52. The van der Waals surface area contributed by atoms with E-state index in [0.717, 1.165) is 12.8 Å². The molecule has 4 nitrogen and oxygen atoms in total. The minimum absolute atomic E-state index is 0.232. The summed E-state index contributed by atoms with van der Waals surface area (Å²) in [5.41, 5.74) is -0.584. The minimum atomic E-state index is -0.292. The molecular formula is C13H23BO4. The average Bonchev–Trinajstić information content (AvgIpc) is 2.40. The summed E-state index contributed by atoms with van der Waals surface area (Å²) in [6, 6.07) is 0. The number of hydrogen-bond donors (Lipinski definition) is 0. The largest absolute Gasteiger partial charge is 0.486 e. The Hall–Kier alpha value is -0.805. The molecule has 0 saturated carbocycles. The lowest BCUT2D eigenvalue weighted by molar-refractivity contribution is -0.141. The first-order chi connectivity index (χ1) is 8.24. The summed E-state index contributed by atoms with van der Waals surface area (Å²) in [7, 11) is -0.288. The van der Waals surface area contributed by atoms with E-state index in [-0.39, 0.29) is 24.3 Å². The highest BCUT2D eigenvalue weighted by atomic mass is 16.7. The number of unbranched alkanes of at least 4 members (excludes halogenated alkanes) is 1. The van der Waals surface area contributed by atoms with Gasteiger partial charge in [-0.25, -0.2) is 0 Å². The highest BCUT2D eigenvalue weighted by Crippen LogP contribution is 2.36. The molecule has 0 radical (unpaired) electrons. The monoisotopic (exact) mass is 254 g/mol. The quantitative estimate of drug-likeness (QED) is 0.429. The van der Waals surface area contributed by atoms with Gasteiger partial charge in [-0.15, -0.1) is 0 Å². The molecule has 0 aromatic heterocycles. The van der Waals surface area contributed by atoms with Gasteiger partial charge in [-0.1, -0.05) is 12.1 Å². The van der Waals surface area contributed by atoms with Gasteiger partial charge < -0.3 is 14.0 Å². The second-order valence-electron chi connectivity index (χ2n) is 5.54. The van der Waals surface area contributed by atoms with Crippen LogP contribution in [0, 0.1) is 0 Å². The van der Waals surface area contributed by atoms with Crippen molar-refractivity contribution in [2.45, 2.75) is 58.7 Å². The van der Waals surface area contributed by atoms with E-state index in [1.165, 1.54) is 6.92 Å². The molecule has 102 valence electrons. The molecule has 0 bridgehead atoms. The molecule has 0 amide bonds. The third-order valence-corrected chi connectivity index (χ3v) is 3.39. The number of allylic oxidation sites excluding steroid dienone is 1. The smallest absolute Gasteiger partial charge is 0.466 e. The molecule has 5 heteroatoms. The van der Waals surface area contributed by atoms with E-state index >= 15 is 0 Å². The molecule has 0 unspecified atom stereocenters. The fourth-order valence-corrected chi connectivity index (χ4v) is 1.59. The standard InChI is InChI=1S/C13H23BO4/c1-11(15)16-10-8-6-7-9-14-17-12(2,3)13(4,5)18-14/h7,9H,6,8,10H2,1-5H3. The Morgan fingerprint density at radius 2 is 1.78 bits per heavy atom. The van der Waals surface area contributed by atoms with Gasteiger partial charge in [0.15, 0.2) is 0 Å². The van der Waals surface area contributed by atoms with Gasteiger partial charge in [0.2, 0.25) is 0 Å². The maximum Gasteiger partial charge on any atom is 0.486 e. The molecule has 1 aliphatic heterocycles. The third-order valence-electron chi connectivity index (χ3n) is 3.39. The van der Waals surface area contributed by atoms with Gasteiger partial charge >= 0.3 is 13.1 Å². The van der Waals surface area contributed by atoms with Gasteiger partial charge in [-0.05, 0) is 40.5 Å². The van der Waals surface area contributed by atoms with Crippen LogP contribution in [0.3, 0.4) is 0 Å². The summed E-state index contributed by atoms with van der Waals surface area (Å²) >= 11 is 0. The number of carbonyl (C=O) groups excluding carboxylic acids is 1. The van der Waals surface area contributed by atoms with E-state index in [1.54, 1.807) is 0 Å². The van der Waals surface area contributed by atoms with Crippen LogP contribution in [0.15, 0.2) is 12.1 Å². The van der Waals surface area contributed by atoms with Gasteiger partial charge in [0.25, 0.3) is 0 Å². The highest BCUT2D eigenvalue weighted by molar-refractivity contribution is 6.51. The molecule has 1 saturated heterocycles. The number of rotatable bonds is 5. The summed E-state index contributed by atoms with van der Waals surface area (Å²) in [6.45, 7) is 10.00. The summed E-state index contributed by atoms with van der Waals surface area (Å²) in [5.74, 6) is 1.69. The third kappa shape index (κ3) is 4.14. The van der Waals surface area contributed by atoms with Crippen LogP contribution in [0.5, 0.6) is 0 Å². The summed E-state index contributed by atoms with van der Waals surface area (Å²) in [5, 5.41) is 0. The van der Waals surface area contributed by atoms with Crippen molar-refractivity contribution in [3.63, 3.8) is 0 Å². The highest BCUT2D eigenvalue weighted by Gasteiger charge is 2.49. The van der Waals surface area contributed by atoms with E-state index in [2.05, 4.69) is 0 Å². The summed E-state index contributed by atoms with van der Waals surface area (Å²) < 4.78 is 16.5. The normalized spacial score (nSPS) is 21.5. The molecule has 0 atom stereocenters. The van der Waals surface area contributed by atoms with Crippen molar-refractivity contribution in [2.24, 2.45) is 0 Å². The van der Waals surface area contributed by atoms with Crippen LogP contribution in [0.2, 0.25) is 0 Å². The number of carbonyl (C=O) groups is 1. The second-order valence-corrected chi connectivity index (χ2v) is 5.54. The van der Waals surface area contributed by atoms with E-state index in [1.807, 2.05) is 39.7 Å². The van der Waals surface area contributed by atoms with E-state index in [0.29, 0.717) is 6.61 Å². The first-order valence-electron chi connectivity index (χ1n) is 6.40. The molecule has 0 aliphatic carbocycles.